The topological polar surface area (TPSA) is 66.0 Å². The Balaban J connectivity index is 0.00000484. The molecule has 0 aromatic rings. The number of rotatable bonds is 11. The number of carbonyl (C=O) groups is 1. The highest BCUT2D eigenvalue weighted by Gasteiger charge is 2.20. The summed E-state index contributed by atoms with van der Waals surface area (Å²) in [6.07, 6.45) is 5.67. The van der Waals surface area contributed by atoms with Crippen LogP contribution in [0.15, 0.2) is 4.99 Å². The summed E-state index contributed by atoms with van der Waals surface area (Å²) < 4.78 is 5.60. The zero-order chi connectivity index (χ0) is 16.2. The van der Waals surface area contributed by atoms with E-state index < -0.39 is 0 Å². The van der Waals surface area contributed by atoms with Crippen LogP contribution < -0.4 is 10.6 Å². The molecule has 23 heavy (non-hydrogen) atoms. The highest BCUT2D eigenvalue weighted by molar-refractivity contribution is 14.0. The van der Waals surface area contributed by atoms with Crippen molar-refractivity contribution in [1.82, 2.24) is 15.5 Å². The first-order valence-corrected chi connectivity index (χ1v) is 9.32. The third-order valence-electron chi connectivity index (χ3n) is 3.28. The summed E-state index contributed by atoms with van der Waals surface area (Å²) in [6, 6.07) is 0. The van der Waals surface area contributed by atoms with Crippen molar-refractivity contribution < 1.29 is 9.53 Å². The third-order valence-corrected chi connectivity index (χ3v) is 3.89. The van der Waals surface area contributed by atoms with Crippen LogP contribution >= 0.6 is 35.7 Å². The second kappa shape index (κ2) is 14.2. The van der Waals surface area contributed by atoms with Crippen molar-refractivity contribution in [2.45, 2.75) is 19.3 Å². The lowest BCUT2D eigenvalue weighted by Gasteiger charge is -2.13. The summed E-state index contributed by atoms with van der Waals surface area (Å²) in [4.78, 5) is 17.5. The van der Waals surface area contributed by atoms with Crippen LogP contribution in [0.3, 0.4) is 0 Å². The maximum Gasteiger partial charge on any atom is 0.243 e. The first-order chi connectivity index (χ1) is 10.6. The van der Waals surface area contributed by atoms with Crippen LogP contribution in [0.1, 0.15) is 19.3 Å². The first-order valence-electron chi connectivity index (χ1n) is 7.92. The fraction of sp³-hybridized carbons (Fsp3) is 0.867. The Hall–Kier alpha value is -0.220. The Bertz CT molecular complexity index is 352. The number of nitrogens with zero attached hydrogens (tertiary/aromatic N) is 2. The summed E-state index contributed by atoms with van der Waals surface area (Å²) in [5.74, 6) is 2.52. The van der Waals surface area contributed by atoms with Gasteiger partial charge in [-0.3, -0.25) is 4.79 Å². The van der Waals surface area contributed by atoms with Gasteiger partial charge >= 0.3 is 0 Å². The third kappa shape index (κ3) is 12.8. The van der Waals surface area contributed by atoms with Gasteiger partial charge in [-0.25, -0.2) is 4.99 Å². The molecule has 0 unspecified atom stereocenters. The smallest absolute Gasteiger partial charge is 0.243 e. The molecule has 1 rings (SSSR count). The molecule has 0 bridgehead atoms. The van der Waals surface area contributed by atoms with Crippen molar-refractivity contribution in [3.05, 3.63) is 0 Å². The minimum atomic E-state index is -0.00117. The molecule has 0 radical (unpaired) electrons. The molecule has 0 saturated heterocycles. The molecule has 136 valence electrons. The molecular weight excluding hydrogens is 427 g/mol. The van der Waals surface area contributed by atoms with Crippen LogP contribution in [0, 0.1) is 5.92 Å². The van der Waals surface area contributed by atoms with Crippen molar-refractivity contribution in [2.75, 3.05) is 59.0 Å². The summed E-state index contributed by atoms with van der Waals surface area (Å²) in [5, 5.41) is 6.50. The van der Waals surface area contributed by atoms with Crippen LogP contribution in [0.5, 0.6) is 0 Å². The van der Waals surface area contributed by atoms with E-state index in [4.69, 9.17) is 4.74 Å². The molecular formula is C15H31IN4O2S. The van der Waals surface area contributed by atoms with E-state index >= 15 is 0 Å². The molecule has 8 heteroatoms. The van der Waals surface area contributed by atoms with E-state index in [9.17, 15) is 4.79 Å². The molecule has 1 aliphatic rings. The van der Waals surface area contributed by atoms with E-state index in [1.165, 1.54) is 12.8 Å². The molecule has 0 aromatic heterocycles. The molecule has 0 aromatic carbocycles. The number of aliphatic imine (C=N–C) groups is 1. The number of hydrogen-bond donors (Lipinski definition) is 2. The molecule has 1 saturated carbocycles. The molecule has 2 N–H and O–H groups in total. The fourth-order valence-electron chi connectivity index (χ4n) is 1.65. The van der Waals surface area contributed by atoms with Crippen LogP contribution in [-0.2, 0) is 9.53 Å². The van der Waals surface area contributed by atoms with Gasteiger partial charge in [-0.15, -0.1) is 24.0 Å². The molecule has 1 fully saturated rings. The summed E-state index contributed by atoms with van der Waals surface area (Å²) in [7, 11) is 3.48. The molecule has 0 spiro atoms. The van der Waals surface area contributed by atoms with Crippen LogP contribution in [0.25, 0.3) is 0 Å². The Morgan fingerprint density at radius 2 is 2.00 bits per heavy atom. The van der Waals surface area contributed by atoms with Crippen LogP contribution in [0.2, 0.25) is 0 Å². The van der Waals surface area contributed by atoms with E-state index in [0.29, 0.717) is 5.96 Å². The van der Waals surface area contributed by atoms with Gasteiger partial charge in [0.1, 0.15) is 6.54 Å². The van der Waals surface area contributed by atoms with E-state index in [2.05, 4.69) is 21.9 Å². The fourth-order valence-corrected chi connectivity index (χ4v) is 1.96. The number of ether oxygens (including phenoxy) is 1. The van der Waals surface area contributed by atoms with Crippen molar-refractivity contribution >= 4 is 47.6 Å². The number of hydrogen-bond acceptors (Lipinski definition) is 4. The number of guanidine groups is 1. The second-order valence-electron chi connectivity index (χ2n) is 5.67. The number of nitrogens with one attached hydrogen (secondary N) is 2. The van der Waals surface area contributed by atoms with Gasteiger partial charge in [0.2, 0.25) is 5.91 Å². The maximum atomic E-state index is 11.6. The lowest BCUT2D eigenvalue weighted by Crippen LogP contribution is -2.40. The molecule has 1 aliphatic carbocycles. The lowest BCUT2D eigenvalue weighted by atomic mass is 10.4. The Morgan fingerprint density at radius 3 is 2.61 bits per heavy atom. The average Bonchev–Trinajstić information content (AvgIpc) is 3.31. The standard InChI is InChI=1S/C15H30N4O2S.HI/c1-19(2)14(20)11-18-15(17-8-10-22-3)16-7-4-9-21-12-13-5-6-13;/h13H,4-12H2,1-3H3,(H2,16,17,18);1H. The number of carbonyl (C=O) groups excluding carboxylic acids is 1. The Morgan fingerprint density at radius 1 is 1.30 bits per heavy atom. The second-order valence-corrected chi connectivity index (χ2v) is 6.66. The predicted octanol–water partition coefficient (Wildman–Crippen LogP) is 1.41. The largest absolute Gasteiger partial charge is 0.381 e. The predicted molar refractivity (Wildman–Crippen MR) is 109 cm³/mol. The SMILES string of the molecule is CSCCNC(=NCC(=O)N(C)C)NCCCOCC1CC1.I. The van der Waals surface area contributed by atoms with E-state index in [1.54, 1.807) is 30.8 Å². The number of likely N-dealkylation sites (N-methyl/N-ethyl adjacent to an activating group) is 1. The minimum Gasteiger partial charge on any atom is -0.381 e. The van der Waals surface area contributed by atoms with Crippen molar-refractivity contribution in [1.29, 1.82) is 0 Å². The minimum absolute atomic E-state index is 0. The summed E-state index contributed by atoms with van der Waals surface area (Å²) in [5.41, 5.74) is 0. The quantitative estimate of drug-likeness (QED) is 0.212. The van der Waals surface area contributed by atoms with Gasteiger partial charge in [0.05, 0.1) is 0 Å². The van der Waals surface area contributed by atoms with Gasteiger partial charge in [0.15, 0.2) is 5.96 Å². The van der Waals surface area contributed by atoms with Gasteiger partial charge < -0.3 is 20.3 Å². The zero-order valence-corrected chi connectivity index (χ0v) is 17.6. The normalized spacial score (nSPS) is 14.1. The number of amides is 1. The summed E-state index contributed by atoms with van der Waals surface area (Å²) >= 11 is 1.78. The monoisotopic (exact) mass is 458 g/mol. The first kappa shape index (κ1) is 22.8. The van der Waals surface area contributed by atoms with Crippen LogP contribution in [0.4, 0.5) is 0 Å². The van der Waals surface area contributed by atoms with Gasteiger partial charge in [0.25, 0.3) is 0 Å². The molecule has 0 heterocycles. The van der Waals surface area contributed by atoms with Crippen molar-refractivity contribution in [3.63, 3.8) is 0 Å². The van der Waals surface area contributed by atoms with Crippen molar-refractivity contribution in [2.24, 2.45) is 10.9 Å². The van der Waals surface area contributed by atoms with Crippen molar-refractivity contribution in [3.8, 4) is 0 Å². The average molecular weight is 458 g/mol. The molecule has 0 atom stereocenters. The summed E-state index contributed by atoms with van der Waals surface area (Å²) in [6.45, 7) is 3.48. The van der Waals surface area contributed by atoms with Gasteiger partial charge in [-0.05, 0) is 31.4 Å². The Labute approximate surface area is 161 Å². The van der Waals surface area contributed by atoms with Gasteiger partial charge in [-0.2, -0.15) is 11.8 Å². The zero-order valence-electron chi connectivity index (χ0n) is 14.5. The molecule has 0 aliphatic heterocycles. The Kier molecular flexibility index (Phi) is 14.0. The van der Waals surface area contributed by atoms with E-state index in [-0.39, 0.29) is 36.4 Å². The number of halogens is 1. The van der Waals surface area contributed by atoms with Gasteiger partial charge in [0, 0.05) is 46.2 Å². The highest BCUT2D eigenvalue weighted by atomic mass is 127. The lowest BCUT2D eigenvalue weighted by molar-refractivity contribution is -0.127. The van der Waals surface area contributed by atoms with E-state index in [0.717, 1.165) is 44.4 Å². The van der Waals surface area contributed by atoms with Crippen LogP contribution in [-0.4, -0.2) is 75.7 Å². The molecule has 6 nitrogen and oxygen atoms in total. The number of thioether (sulfide) groups is 1. The highest BCUT2D eigenvalue weighted by Crippen LogP contribution is 2.28. The van der Waals surface area contributed by atoms with E-state index in [1.807, 2.05) is 0 Å². The maximum absolute atomic E-state index is 11.6. The van der Waals surface area contributed by atoms with Gasteiger partial charge in [-0.1, -0.05) is 0 Å². The molecule has 1 amide bonds.